The van der Waals surface area contributed by atoms with Crippen molar-refractivity contribution in [3.8, 4) is 17.0 Å². The Morgan fingerprint density at radius 1 is 1.16 bits per heavy atom. The normalized spacial score (nSPS) is 13.2. The van der Waals surface area contributed by atoms with Crippen LogP contribution >= 0.6 is 0 Å². The molecule has 192 valence electrons. The number of para-hydroxylation sites is 1. The van der Waals surface area contributed by atoms with Crippen LogP contribution in [-0.4, -0.2) is 65.7 Å². The minimum absolute atomic E-state index is 0.0202. The maximum atomic E-state index is 12.0. The van der Waals surface area contributed by atoms with Gasteiger partial charge in [0, 0.05) is 67.2 Å². The van der Waals surface area contributed by atoms with Gasteiger partial charge in [-0.1, -0.05) is 18.2 Å². The van der Waals surface area contributed by atoms with Crippen LogP contribution in [0.5, 0.6) is 5.75 Å². The summed E-state index contributed by atoms with van der Waals surface area (Å²) in [5, 5.41) is 16.2. The topological polar surface area (TPSA) is 102 Å². The maximum absolute atomic E-state index is 12.0. The van der Waals surface area contributed by atoms with E-state index < -0.39 is 0 Å². The first-order valence-electron chi connectivity index (χ1n) is 12.3. The first-order chi connectivity index (χ1) is 17.9. The maximum Gasteiger partial charge on any atom is 0.294 e. The molecule has 2 heterocycles. The largest absolute Gasteiger partial charge is 0.494 e. The molecular weight excluding hydrogens is 470 g/mol. The van der Waals surface area contributed by atoms with Crippen LogP contribution in [0.3, 0.4) is 0 Å². The van der Waals surface area contributed by atoms with Gasteiger partial charge in [0.25, 0.3) is 5.69 Å². The summed E-state index contributed by atoms with van der Waals surface area (Å²) in [5.41, 5.74) is 3.89. The molecule has 4 aromatic rings. The molecule has 0 bridgehead atoms. The molecule has 10 heteroatoms. The van der Waals surface area contributed by atoms with Crippen LogP contribution in [0.25, 0.3) is 22.2 Å². The SMILES string of the molecule is COc1cc(N(C)CCN(C)C)c([N+](=O)[O-])cc1Nc1nccc(-c2cn(C3CC3)c3ccccc23)n1. The molecule has 1 N–H and O–H groups in total. The van der Waals surface area contributed by atoms with Crippen molar-refractivity contribution in [2.24, 2.45) is 0 Å². The first kappa shape index (κ1) is 24.5. The molecule has 0 saturated heterocycles. The Hall–Kier alpha value is -4.18. The standard InChI is InChI=1S/C27H31N7O3/c1-31(2)13-14-32(3)24-16-26(37-4)22(15-25(24)34(35)36)30-27-28-12-11-21(29-27)20-17-33(18-9-10-18)23-8-6-5-7-19(20)23/h5-8,11-12,15-18H,9-10,13-14H2,1-4H3,(H,28,29,30). The van der Waals surface area contributed by atoms with Crippen LogP contribution in [-0.2, 0) is 0 Å². The molecule has 1 aliphatic rings. The molecular formula is C27H31N7O3. The highest BCUT2D eigenvalue weighted by Gasteiger charge is 2.26. The van der Waals surface area contributed by atoms with Crippen LogP contribution in [0, 0.1) is 10.1 Å². The molecule has 0 unspecified atom stereocenters. The van der Waals surface area contributed by atoms with Crippen molar-refractivity contribution in [3.05, 3.63) is 65.0 Å². The molecule has 2 aromatic heterocycles. The highest BCUT2D eigenvalue weighted by atomic mass is 16.6. The van der Waals surface area contributed by atoms with E-state index in [9.17, 15) is 10.1 Å². The lowest BCUT2D eigenvalue weighted by Gasteiger charge is -2.22. The second-order valence-corrected chi connectivity index (χ2v) is 9.61. The Labute approximate surface area is 215 Å². The molecule has 2 aromatic carbocycles. The van der Waals surface area contributed by atoms with Crippen LogP contribution in [0.1, 0.15) is 18.9 Å². The number of methoxy groups -OCH3 is 1. The molecule has 1 saturated carbocycles. The van der Waals surface area contributed by atoms with E-state index in [1.54, 1.807) is 19.4 Å². The fraction of sp³-hybridized carbons (Fsp3) is 0.333. The summed E-state index contributed by atoms with van der Waals surface area (Å²) >= 11 is 0. The summed E-state index contributed by atoms with van der Waals surface area (Å²) < 4.78 is 7.93. The number of nitrogens with one attached hydrogen (secondary N) is 1. The van der Waals surface area contributed by atoms with Gasteiger partial charge in [0.1, 0.15) is 11.4 Å². The Morgan fingerprint density at radius 2 is 1.95 bits per heavy atom. The number of nitrogens with zero attached hydrogens (tertiary/aromatic N) is 6. The van der Waals surface area contributed by atoms with Crippen molar-refractivity contribution in [2.75, 3.05) is 51.6 Å². The molecule has 1 fully saturated rings. The molecule has 0 radical (unpaired) electrons. The Bertz CT molecular complexity index is 1450. The Balaban J connectivity index is 1.49. The number of benzene rings is 2. The highest BCUT2D eigenvalue weighted by Crippen LogP contribution is 2.42. The number of nitro groups is 1. The van der Waals surface area contributed by atoms with Crippen LogP contribution in [0.4, 0.5) is 23.0 Å². The van der Waals surface area contributed by atoms with Crippen molar-refractivity contribution < 1.29 is 9.66 Å². The van der Waals surface area contributed by atoms with Gasteiger partial charge >= 0.3 is 0 Å². The molecule has 10 nitrogen and oxygen atoms in total. The summed E-state index contributed by atoms with van der Waals surface area (Å²) in [4.78, 5) is 24.6. The zero-order chi connectivity index (χ0) is 26.1. The molecule has 37 heavy (non-hydrogen) atoms. The lowest BCUT2D eigenvalue weighted by Crippen LogP contribution is -2.28. The molecule has 5 rings (SSSR count). The number of likely N-dealkylation sites (N-methyl/N-ethyl adjacent to an activating group) is 2. The summed E-state index contributed by atoms with van der Waals surface area (Å²) in [6.07, 6.45) is 6.23. The predicted octanol–water partition coefficient (Wildman–Crippen LogP) is 5.09. The Morgan fingerprint density at radius 3 is 2.65 bits per heavy atom. The number of aromatic nitrogens is 3. The van der Waals surface area contributed by atoms with Crippen molar-refractivity contribution in [2.45, 2.75) is 18.9 Å². The van der Waals surface area contributed by atoms with E-state index >= 15 is 0 Å². The number of hydrogen-bond acceptors (Lipinski definition) is 8. The van der Waals surface area contributed by atoms with Crippen molar-refractivity contribution >= 4 is 33.9 Å². The fourth-order valence-electron chi connectivity index (χ4n) is 4.50. The lowest BCUT2D eigenvalue weighted by atomic mass is 10.1. The van der Waals surface area contributed by atoms with E-state index in [0.717, 1.165) is 23.2 Å². The van der Waals surface area contributed by atoms with Gasteiger partial charge < -0.3 is 24.4 Å². The number of nitro benzene ring substituents is 1. The Kier molecular flexibility index (Phi) is 6.66. The summed E-state index contributed by atoms with van der Waals surface area (Å²) in [6.45, 7) is 1.39. The molecule has 0 amide bonds. The third kappa shape index (κ3) is 5.05. The number of ether oxygens (including phenoxy) is 1. The lowest BCUT2D eigenvalue weighted by molar-refractivity contribution is -0.384. The average Bonchev–Trinajstić information content (AvgIpc) is 3.67. The zero-order valence-electron chi connectivity index (χ0n) is 21.5. The third-order valence-corrected chi connectivity index (χ3v) is 6.65. The van der Waals surface area contributed by atoms with E-state index in [1.165, 1.54) is 24.4 Å². The third-order valence-electron chi connectivity index (χ3n) is 6.65. The zero-order valence-corrected chi connectivity index (χ0v) is 21.5. The van der Waals surface area contributed by atoms with Gasteiger partial charge in [-0.2, -0.15) is 0 Å². The van der Waals surface area contributed by atoms with Crippen LogP contribution < -0.4 is 15.0 Å². The fourth-order valence-corrected chi connectivity index (χ4v) is 4.50. The van der Waals surface area contributed by atoms with Crippen molar-refractivity contribution in [3.63, 3.8) is 0 Å². The van der Waals surface area contributed by atoms with E-state index in [0.29, 0.717) is 35.7 Å². The van der Waals surface area contributed by atoms with Crippen molar-refractivity contribution in [1.82, 2.24) is 19.4 Å². The minimum Gasteiger partial charge on any atom is -0.494 e. The highest BCUT2D eigenvalue weighted by molar-refractivity contribution is 5.95. The van der Waals surface area contributed by atoms with Gasteiger partial charge in [0.2, 0.25) is 5.95 Å². The number of anilines is 3. The van der Waals surface area contributed by atoms with Gasteiger partial charge in [0.15, 0.2) is 0 Å². The van der Waals surface area contributed by atoms with Crippen molar-refractivity contribution in [1.29, 1.82) is 0 Å². The summed E-state index contributed by atoms with van der Waals surface area (Å²) in [5.74, 6) is 0.804. The average molecular weight is 502 g/mol. The molecule has 0 aliphatic heterocycles. The second-order valence-electron chi connectivity index (χ2n) is 9.61. The molecule has 0 atom stereocenters. The van der Waals surface area contributed by atoms with E-state index in [1.807, 2.05) is 43.1 Å². The quantitative estimate of drug-likeness (QED) is 0.237. The molecule has 0 spiro atoms. The minimum atomic E-state index is -0.379. The van der Waals surface area contributed by atoms with E-state index in [4.69, 9.17) is 9.72 Å². The van der Waals surface area contributed by atoms with Gasteiger partial charge in [-0.3, -0.25) is 10.1 Å². The van der Waals surface area contributed by atoms with Crippen LogP contribution in [0.2, 0.25) is 0 Å². The van der Waals surface area contributed by atoms with E-state index in [-0.39, 0.29) is 10.6 Å². The van der Waals surface area contributed by atoms with Gasteiger partial charge in [0.05, 0.1) is 23.4 Å². The number of rotatable bonds is 10. The number of hydrogen-bond donors (Lipinski definition) is 1. The first-order valence-corrected chi connectivity index (χ1v) is 12.3. The summed E-state index contributed by atoms with van der Waals surface area (Å²) in [6, 6.07) is 13.9. The monoisotopic (exact) mass is 501 g/mol. The summed E-state index contributed by atoms with van der Waals surface area (Å²) in [7, 11) is 7.31. The molecule has 1 aliphatic carbocycles. The smallest absolute Gasteiger partial charge is 0.294 e. The van der Waals surface area contributed by atoms with Gasteiger partial charge in [-0.15, -0.1) is 0 Å². The van der Waals surface area contributed by atoms with E-state index in [2.05, 4.69) is 39.3 Å². The number of fused-ring (bicyclic) bond motifs is 1. The predicted molar refractivity (Wildman–Crippen MR) is 146 cm³/mol. The van der Waals surface area contributed by atoms with Gasteiger partial charge in [-0.25, -0.2) is 9.97 Å². The van der Waals surface area contributed by atoms with Gasteiger partial charge in [-0.05, 0) is 39.1 Å². The van der Waals surface area contributed by atoms with Crippen LogP contribution in [0.15, 0.2) is 54.9 Å². The second kappa shape index (κ2) is 10.1.